The third-order valence-corrected chi connectivity index (χ3v) is 2.09. The zero-order chi connectivity index (χ0) is 8.10. The Morgan fingerprint density at radius 2 is 2.64 bits per heavy atom. The van der Waals surface area contributed by atoms with Crippen LogP contribution in [0.3, 0.4) is 0 Å². The molecule has 0 aliphatic carbocycles. The predicted molar refractivity (Wildman–Crippen MR) is 47.6 cm³/mol. The molecule has 0 spiro atoms. The van der Waals surface area contributed by atoms with Gasteiger partial charge in [0.2, 0.25) is 0 Å². The molecule has 0 aliphatic rings. The van der Waals surface area contributed by atoms with Crippen LogP contribution in [-0.4, -0.2) is 13.0 Å². The summed E-state index contributed by atoms with van der Waals surface area (Å²) >= 11 is 1.51. The largest absolute Gasteiger partial charge is 0.317 e. The van der Waals surface area contributed by atoms with Gasteiger partial charge in [-0.05, 0) is 17.5 Å². The first-order valence-electron chi connectivity index (χ1n) is 3.18. The Balaban J connectivity index is 2.70. The monoisotopic (exact) mass is 166 g/mol. The van der Waals surface area contributed by atoms with Crippen LogP contribution in [0.25, 0.3) is 0 Å². The molecular formula is C8H8NOS. The molecule has 0 unspecified atom stereocenters. The highest BCUT2D eigenvalue weighted by molar-refractivity contribution is 7.14. The zero-order valence-electron chi connectivity index (χ0n) is 5.99. The van der Waals surface area contributed by atoms with E-state index in [1.54, 1.807) is 6.08 Å². The molecule has 1 amide bonds. The Bertz CT molecular complexity index is 230. The van der Waals surface area contributed by atoms with Crippen LogP contribution in [-0.2, 0) is 4.79 Å². The van der Waals surface area contributed by atoms with Gasteiger partial charge >= 0.3 is 6.41 Å². The minimum atomic E-state index is 0.518. The van der Waals surface area contributed by atoms with Crippen LogP contribution >= 0.6 is 11.3 Å². The van der Waals surface area contributed by atoms with E-state index in [1.165, 1.54) is 16.2 Å². The van der Waals surface area contributed by atoms with Crippen LogP contribution in [0.4, 0.5) is 5.00 Å². The van der Waals surface area contributed by atoms with Gasteiger partial charge in [0.15, 0.2) is 0 Å². The molecule has 0 aromatic carbocycles. The molecular weight excluding hydrogens is 158 g/mol. The van der Waals surface area contributed by atoms with Crippen molar-refractivity contribution in [3.05, 3.63) is 30.2 Å². The van der Waals surface area contributed by atoms with E-state index in [-0.39, 0.29) is 0 Å². The van der Waals surface area contributed by atoms with E-state index in [2.05, 4.69) is 6.58 Å². The molecule has 11 heavy (non-hydrogen) atoms. The number of anilines is 1. The zero-order valence-corrected chi connectivity index (χ0v) is 6.80. The van der Waals surface area contributed by atoms with Crippen LogP contribution in [0.15, 0.2) is 30.2 Å². The molecule has 57 valence electrons. The van der Waals surface area contributed by atoms with Crippen LogP contribution in [0, 0.1) is 0 Å². The maximum atomic E-state index is 10.4. The summed E-state index contributed by atoms with van der Waals surface area (Å²) in [6.07, 6.45) is 3.50. The van der Waals surface area contributed by atoms with Crippen LogP contribution in [0.5, 0.6) is 0 Å². The van der Waals surface area contributed by atoms with E-state index in [1.807, 2.05) is 23.9 Å². The van der Waals surface area contributed by atoms with Crippen LogP contribution in [0.1, 0.15) is 0 Å². The van der Waals surface area contributed by atoms with Crippen molar-refractivity contribution in [2.45, 2.75) is 0 Å². The van der Waals surface area contributed by atoms with Gasteiger partial charge in [0.1, 0.15) is 0 Å². The second-order valence-electron chi connectivity index (χ2n) is 1.94. The minimum Gasteiger partial charge on any atom is -0.292 e. The number of hydrogen-bond donors (Lipinski definition) is 0. The molecule has 1 aromatic rings. The van der Waals surface area contributed by atoms with Gasteiger partial charge in [-0.2, -0.15) is 0 Å². The fraction of sp³-hybridized carbons (Fsp3) is 0.125. The number of nitrogens with zero attached hydrogens (tertiary/aromatic N) is 1. The molecule has 0 fully saturated rings. The van der Waals surface area contributed by atoms with Gasteiger partial charge < -0.3 is 0 Å². The normalized spacial score (nSPS) is 9.09. The summed E-state index contributed by atoms with van der Waals surface area (Å²) in [4.78, 5) is 11.8. The number of carbonyl (C=O) groups excluding carboxylic acids is 1. The number of amides is 1. The fourth-order valence-corrected chi connectivity index (χ4v) is 1.42. The Morgan fingerprint density at radius 3 is 3.09 bits per heavy atom. The summed E-state index contributed by atoms with van der Waals surface area (Å²) < 4.78 is 0. The highest BCUT2D eigenvalue weighted by Crippen LogP contribution is 2.19. The van der Waals surface area contributed by atoms with E-state index in [0.29, 0.717) is 6.54 Å². The van der Waals surface area contributed by atoms with E-state index in [0.717, 1.165) is 5.00 Å². The molecule has 0 N–H and O–H groups in total. The average molecular weight is 166 g/mol. The summed E-state index contributed by atoms with van der Waals surface area (Å²) in [7, 11) is 0. The summed E-state index contributed by atoms with van der Waals surface area (Å²) in [6, 6.07) is 3.77. The van der Waals surface area contributed by atoms with Gasteiger partial charge in [0, 0.05) is 6.54 Å². The lowest BCUT2D eigenvalue weighted by molar-refractivity contribution is 0.553. The second-order valence-corrected chi connectivity index (χ2v) is 2.87. The topological polar surface area (TPSA) is 20.3 Å². The third kappa shape index (κ3) is 1.91. The Kier molecular flexibility index (Phi) is 2.86. The molecule has 0 saturated heterocycles. The van der Waals surface area contributed by atoms with Crippen molar-refractivity contribution in [3.8, 4) is 0 Å². The number of rotatable bonds is 4. The van der Waals surface area contributed by atoms with Gasteiger partial charge in [-0.25, -0.2) is 0 Å². The smallest absolute Gasteiger partial charge is 0.292 e. The summed E-state index contributed by atoms with van der Waals surface area (Å²) in [5.74, 6) is 0. The van der Waals surface area contributed by atoms with Crippen molar-refractivity contribution in [2.75, 3.05) is 11.4 Å². The summed E-state index contributed by atoms with van der Waals surface area (Å²) in [5, 5.41) is 2.82. The maximum absolute atomic E-state index is 10.4. The first kappa shape index (κ1) is 8.01. The van der Waals surface area contributed by atoms with Gasteiger partial charge in [0.25, 0.3) is 0 Å². The van der Waals surface area contributed by atoms with Crippen molar-refractivity contribution in [1.29, 1.82) is 0 Å². The number of thiophene rings is 1. The lowest BCUT2D eigenvalue weighted by atomic mass is 10.5. The third-order valence-electron chi connectivity index (χ3n) is 1.19. The SMILES string of the molecule is C=CCN([C]=O)c1cccs1. The lowest BCUT2D eigenvalue weighted by Gasteiger charge is -2.09. The summed E-state index contributed by atoms with van der Waals surface area (Å²) in [5.41, 5.74) is 0. The van der Waals surface area contributed by atoms with Gasteiger partial charge in [-0.1, -0.05) is 6.08 Å². The first-order chi connectivity index (χ1) is 5.38. The Hall–Kier alpha value is -1.09. The summed E-state index contributed by atoms with van der Waals surface area (Å²) in [6.45, 7) is 4.06. The minimum absolute atomic E-state index is 0.518. The van der Waals surface area contributed by atoms with Crippen molar-refractivity contribution in [1.82, 2.24) is 0 Å². The van der Waals surface area contributed by atoms with Crippen molar-refractivity contribution in [2.24, 2.45) is 0 Å². The van der Waals surface area contributed by atoms with Crippen LogP contribution in [0.2, 0.25) is 0 Å². The van der Waals surface area contributed by atoms with E-state index >= 15 is 0 Å². The molecule has 0 bridgehead atoms. The Morgan fingerprint density at radius 1 is 1.82 bits per heavy atom. The van der Waals surface area contributed by atoms with Crippen molar-refractivity contribution < 1.29 is 4.79 Å². The molecule has 1 rings (SSSR count). The molecule has 0 saturated carbocycles. The van der Waals surface area contributed by atoms with E-state index in [4.69, 9.17) is 0 Å². The highest BCUT2D eigenvalue weighted by atomic mass is 32.1. The van der Waals surface area contributed by atoms with E-state index in [9.17, 15) is 4.79 Å². The lowest BCUT2D eigenvalue weighted by Crippen LogP contribution is -2.19. The molecule has 1 radical (unpaired) electrons. The number of hydrogen-bond acceptors (Lipinski definition) is 2. The molecule has 0 atom stereocenters. The van der Waals surface area contributed by atoms with E-state index < -0.39 is 0 Å². The first-order valence-corrected chi connectivity index (χ1v) is 4.06. The molecule has 3 heteroatoms. The van der Waals surface area contributed by atoms with Gasteiger partial charge in [-0.3, -0.25) is 9.69 Å². The standard InChI is InChI=1S/C8H8NOS/c1-2-5-9(7-10)8-4-3-6-11-8/h2-4,6H,1,5H2. The molecule has 0 aliphatic heterocycles. The average Bonchev–Trinajstić information content (AvgIpc) is 2.52. The van der Waals surface area contributed by atoms with Gasteiger partial charge in [0.05, 0.1) is 5.00 Å². The predicted octanol–water partition coefficient (Wildman–Crippen LogP) is 1.81. The molecule has 1 aromatic heterocycles. The maximum Gasteiger partial charge on any atom is 0.317 e. The quantitative estimate of drug-likeness (QED) is 0.493. The Labute approximate surface area is 69.8 Å². The van der Waals surface area contributed by atoms with Crippen LogP contribution < -0.4 is 4.90 Å². The van der Waals surface area contributed by atoms with Crippen molar-refractivity contribution in [3.63, 3.8) is 0 Å². The molecule has 1 heterocycles. The fourth-order valence-electron chi connectivity index (χ4n) is 0.725. The molecule has 2 nitrogen and oxygen atoms in total. The van der Waals surface area contributed by atoms with Gasteiger partial charge in [-0.15, -0.1) is 17.9 Å². The van der Waals surface area contributed by atoms with Crippen molar-refractivity contribution >= 4 is 22.7 Å². The second kappa shape index (κ2) is 3.93. The highest BCUT2D eigenvalue weighted by Gasteiger charge is 2.03.